The molecule has 21 heavy (non-hydrogen) atoms. The molecule has 3 rings (SSSR count). The number of rotatable bonds is 4. The molecule has 0 radical (unpaired) electrons. The molecule has 1 aromatic carbocycles. The van der Waals surface area contributed by atoms with Crippen LogP contribution in [0.25, 0.3) is 5.69 Å². The molecule has 1 saturated heterocycles. The highest BCUT2D eigenvalue weighted by atomic mass is 19.1. The third kappa shape index (κ3) is 2.53. The molecule has 2 atom stereocenters. The summed E-state index contributed by atoms with van der Waals surface area (Å²) in [7, 11) is 0. The number of benzene rings is 1. The van der Waals surface area contributed by atoms with Crippen LogP contribution in [0.2, 0.25) is 0 Å². The number of aldehydes is 1. The van der Waals surface area contributed by atoms with Gasteiger partial charge in [0.1, 0.15) is 5.82 Å². The van der Waals surface area contributed by atoms with E-state index in [4.69, 9.17) is 10.5 Å². The molecular weight excluding hydrogens is 275 g/mol. The number of halogens is 1. The molecule has 1 unspecified atom stereocenters. The van der Waals surface area contributed by atoms with Crippen LogP contribution in [0.4, 0.5) is 10.1 Å². The fraction of sp³-hybridized carbons (Fsp3) is 0.286. The van der Waals surface area contributed by atoms with Gasteiger partial charge in [0.25, 0.3) is 0 Å². The molecule has 6 nitrogen and oxygen atoms in total. The smallest absolute Gasteiger partial charge is 0.187 e. The van der Waals surface area contributed by atoms with Crippen molar-refractivity contribution in [3.05, 3.63) is 42.7 Å². The van der Waals surface area contributed by atoms with Crippen LogP contribution in [-0.4, -0.2) is 41.3 Å². The van der Waals surface area contributed by atoms with Gasteiger partial charge >= 0.3 is 0 Å². The maximum Gasteiger partial charge on any atom is 0.187 e. The van der Waals surface area contributed by atoms with Crippen molar-refractivity contribution in [2.75, 3.05) is 18.0 Å². The summed E-state index contributed by atoms with van der Waals surface area (Å²) in [5, 5.41) is 0. The number of ether oxygens (including phenoxy) is 1. The van der Waals surface area contributed by atoms with Gasteiger partial charge in [-0.1, -0.05) is 0 Å². The van der Waals surface area contributed by atoms with Gasteiger partial charge in [-0.15, -0.1) is 0 Å². The number of nitrogens with zero attached hydrogens (tertiary/aromatic N) is 3. The first-order chi connectivity index (χ1) is 10.2. The Hall–Kier alpha value is -2.25. The van der Waals surface area contributed by atoms with Crippen molar-refractivity contribution >= 4 is 12.0 Å². The SMILES string of the molecule is NC[C@H]1CN(c2ccc(-n3ccnc3)c(F)c2)C(C=O)O1. The standard InChI is InChI=1S/C14H15FN4O2/c15-12-5-10(1-2-13(12)18-4-3-17-9-18)19-7-11(6-16)21-14(19)8-20/h1-5,8-9,11,14H,6-7,16H2/t11-,14?/m0/s1. The fourth-order valence-corrected chi connectivity index (χ4v) is 2.41. The Balaban J connectivity index is 1.90. The van der Waals surface area contributed by atoms with Gasteiger partial charge in [0.2, 0.25) is 0 Å². The summed E-state index contributed by atoms with van der Waals surface area (Å²) >= 11 is 0. The number of carbonyl (C=O) groups excluding carboxylic acids is 1. The number of nitrogens with two attached hydrogens (primary N) is 1. The van der Waals surface area contributed by atoms with Gasteiger partial charge in [-0.05, 0) is 18.2 Å². The van der Waals surface area contributed by atoms with Gasteiger partial charge in [-0.2, -0.15) is 0 Å². The quantitative estimate of drug-likeness (QED) is 0.839. The van der Waals surface area contributed by atoms with Crippen molar-refractivity contribution in [3.63, 3.8) is 0 Å². The Morgan fingerprint density at radius 2 is 2.38 bits per heavy atom. The third-order valence-corrected chi connectivity index (χ3v) is 3.46. The molecule has 0 bridgehead atoms. The molecule has 0 saturated carbocycles. The molecule has 110 valence electrons. The molecule has 1 aliphatic heterocycles. The molecule has 2 aromatic rings. The van der Waals surface area contributed by atoms with Crippen molar-refractivity contribution in [2.24, 2.45) is 5.73 Å². The molecule has 1 fully saturated rings. The highest BCUT2D eigenvalue weighted by molar-refractivity contribution is 5.66. The molecule has 1 aliphatic rings. The van der Waals surface area contributed by atoms with Crippen LogP contribution in [0.15, 0.2) is 36.9 Å². The number of hydrogen-bond acceptors (Lipinski definition) is 5. The summed E-state index contributed by atoms with van der Waals surface area (Å²) in [6.45, 7) is 0.778. The Kier molecular flexibility index (Phi) is 3.68. The van der Waals surface area contributed by atoms with E-state index in [1.165, 1.54) is 12.4 Å². The van der Waals surface area contributed by atoms with Crippen molar-refractivity contribution < 1.29 is 13.9 Å². The maximum absolute atomic E-state index is 14.2. The van der Waals surface area contributed by atoms with Gasteiger partial charge < -0.3 is 19.9 Å². The molecule has 2 N–H and O–H groups in total. The topological polar surface area (TPSA) is 73.4 Å². The molecule has 7 heteroatoms. The summed E-state index contributed by atoms with van der Waals surface area (Å²) in [5.74, 6) is -0.397. The summed E-state index contributed by atoms with van der Waals surface area (Å²) in [5.41, 5.74) is 6.54. The summed E-state index contributed by atoms with van der Waals surface area (Å²) in [4.78, 5) is 16.7. The molecule has 2 heterocycles. The van der Waals surface area contributed by atoms with Gasteiger partial charge in [0.05, 0.1) is 18.1 Å². The van der Waals surface area contributed by atoms with Crippen molar-refractivity contribution in [1.29, 1.82) is 0 Å². The minimum atomic E-state index is -0.725. The van der Waals surface area contributed by atoms with E-state index in [0.29, 0.717) is 30.8 Å². The van der Waals surface area contributed by atoms with E-state index in [9.17, 15) is 9.18 Å². The van der Waals surface area contributed by atoms with Crippen molar-refractivity contribution in [1.82, 2.24) is 9.55 Å². The second kappa shape index (κ2) is 5.63. The fourth-order valence-electron chi connectivity index (χ4n) is 2.41. The van der Waals surface area contributed by atoms with E-state index in [2.05, 4.69) is 4.98 Å². The first-order valence-electron chi connectivity index (χ1n) is 6.58. The predicted molar refractivity (Wildman–Crippen MR) is 74.6 cm³/mol. The number of hydrogen-bond donors (Lipinski definition) is 1. The second-order valence-electron chi connectivity index (χ2n) is 4.78. The van der Waals surface area contributed by atoms with Crippen molar-refractivity contribution in [2.45, 2.75) is 12.3 Å². The Morgan fingerprint density at radius 3 is 3.00 bits per heavy atom. The van der Waals surface area contributed by atoms with Crippen LogP contribution in [0.1, 0.15) is 0 Å². The predicted octanol–water partition coefficient (Wildman–Crippen LogP) is 0.700. The molecule has 0 aliphatic carbocycles. The van der Waals surface area contributed by atoms with Crippen LogP contribution in [0, 0.1) is 5.82 Å². The Morgan fingerprint density at radius 1 is 1.52 bits per heavy atom. The van der Waals surface area contributed by atoms with Crippen LogP contribution in [-0.2, 0) is 9.53 Å². The average Bonchev–Trinajstić information content (AvgIpc) is 3.16. The lowest BCUT2D eigenvalue weighted by atomic mass is 10.2. The zero-order valence-electron chi connectivity index (χ0n) is 11.2. The lowest BCUT2D eigenvalue weighted by molar-refractivity contribution is -0.117. The van der Waals surface area contributed by atoms with E-state index in [1.807, 2.05) is 0 Å². The average molecular weight is 290 g/mol. The number of carbonyl (C=O) groups is 1. The van der Waals surface area contributed by atoms with Crippen LogP contribution >= 0.6 is 0 Å². The summed E-state index contributed by atoms with van der Waals surface area (Å²) in [6.07, 6.45) is 4.51. The zero-order chi connectivity index (χ0) is 14.8. The highest BCUT2D eigenvalue weighted by Gasteiger charge is 2.32. The maximum atomic E-state index is 14.2. The number of aromatic nitrogens is 2. The van der Waals surface area contributed by atoms with E-state index in [0.717, 1.165) is 0 Å². The molecule has 1 aromatic heterocycles. The first-order valence-corrected chi connectivity index (χ1v) is 6.58. The molecular formula is C14H15FN4O2. The Bertz CT molecular complexity index is 632. The summed E-state index contributed by atoms with van der Waals surface area (Å²) in [6, 6.07) is 4.77. The van der Waals surface area contributed by atoms with Gasteiger partial charge in [0.15, 0.2) is 12.5 Å². The van der Waals surface area contributed by atoms with Crippen molar-refractivity contribution in [3.8, 4) is 5.69 Å². The minimum Gasteiger partial charge on any atom is -0.345 e. The third-order valence-electron chi connectivity index (χ3n) is 3.46. The van der Waals surface area contributed by atoms with E-state index in [1.54, 1.807) is 34.0 Å². The van der Waals surface area contributed by atoms with Crippen LogP contribution in [0.5, 0.6) is 0 Å². The lowest BCUT2D eigenvalue weighted by Gasteiger charge is -2.21. The number of anilines is 1. The zero-order valence-corrected chi connectivity index (χ0v) is 11.2. The van der Waals surface area contributed by atoms with Crippen LogP contribution < -0.4 is 10.6 Å². The van der Waals surface area contributed by atoms with E-state index in [-0.39, 0.29) is 6.10 Å². The monoisotopic (exact) mass is 290 g/mol. The van der Waals surface area contributed by atoms with E-state index < -0.39 is 12.0 Å². The summed E-state index contributed by atoms with van der Waals surface area (Å²) < 4.78 is 21.3. The van der Waals surface area contributed by atoms with Gasteiger partial charge in [0, 0.05) is 31.2 Å². The van der Waals surface area contributed by atoms with E-state index >= 15 is 0 Å². The van der Waals surface area contributed by atoms with Gasteiger partial charge in [-0.3, -0.25) is 4.79 Å². The molecule has 0 amide bonds. The molecule has 0 spiro atoms. The Labute approximate surface area is 120 Å². The largest absolute Gasteiger partial charge is 0.345 e. The lowest BCUT2D eigenvalue weighted by Crippen LogP contribution is -2.31. The highest BCUT2D eigenvalue weighted by Crippen LogP contribution is 2.26. The normalized spacial score (nSPS) is 21.7. The second-order valence-corrected chi connectivity index (χ2v) is 4.78. The number of imidazole rings is 1. The van der Waals surface area contributed by atoms with Gasteiger partial charge in [-0.25, -0.2) is 9.37 Å². The van der Waals surface area contributed by atoms with Crippen LogP contribution in [0.3, 0.4) is 0 Å². The first kappa shape index (κ1) is 13.7. The minimum absolute atomic E-state index is 0.225.